The van der Waals surface area contributed by atoms with E-state index in [1.54, 1.807) is 0 Å². The average molecular weight is 286 g/mol. The fourth-order valence-corrected chi connectivity index (χ4v) is 1.35. The molecule has 1 aromatic carbocycles. The van der Waals surface area contributed by atoms with Gasteiger partial charge in [-0.1, -0.05) is 0 Å². The van der Waals surface area contributed by atoms with Gasteiger partial charge in [0, 0.05) is 11.6 Å². The van der Waals surface area contributed by atoms with Crippen LogP contribution in [-0.4, -0.2) is 29.1 Å². The molecule has 0 aliphatic heterocycles. The minimum atomic E-state index is -1.54. The lowest BCUT2D eigenvalue weighted by Crippen LogP contribution is -2.41. The van der Waals surface area contributed by atoms with Crippen molar-refractivity contribution in [3.63, 3.8) is 0 Å². The highest BCUT2D eigenvalue weighted by molar-refractivity contribution is 5.95. The van der Waals surface area contributed by atoms with Crippen molar-refractivity contribution < 1.29 is 23.5 Å². The first-order chi connectivity index (χ1) is 9.10. The van der Waals surface area contributed by atoms with Gasteiger partial charge in [-0.05, 0) is 26.8 Å². The molecule has 0 atom stereocenters. The number of rotatable bonds is 4. The van der Waals surface area contributed by atoms with Crippen molar-refractivity contribution in [2.45, 2.75) is 26.3 Å². The van der Waals surface area contributed by atoms with Gasteiger partial charge in [-0.2, -0.15) is 0 Å². The van der Waals surface area contributed by atoms with Gasteiger partial charge in [0.2, 0.25) is 5.91 Å². The number of anilines is 1. The fraction of sp³-hybridized carbons (Fsp3) is 0.385. The molecule has 1 rings (SSSR count). The normalized spacial score (nSPS) is 11.2. The predicted octanol–water partition coefficient (Wildman–Crippen LogP) is 1.99. The van der Waals surface area contributed by atoms with E-state index in [1.165, 1.54) is 0 Å². The largest absolute Gasteiger partial charge is 0.478 e. The van der Waals surface area contributed by atoms with Gasteiger partial charge in [-0.25, -0.2) is 13.6 Å². The Hall–Kier alpha value is -2.02. The molecule has 5 nitrogen and oxygen atoms in total. The third kappa shape index (κ3) is 4.58. The first-order valence-electron chi connectivity index (χ1n) is 5.87. The quantitative estimate of drug-likeness (QED) is 0.791. The third-order valence-electron chi connectivity index (χ3n) is 2.34. The van der Waals surface area contributed by atoms with Crippen LogP contribution < -0.4 is 10.6 Å². The van der Waals surface area contributed by atoms with E-state index in [0.717, 1.165) is 6.07 Å². The van der Waals surface area contributed by atoms with Gasteiger partial charge in [-0.15, -0.1) is 0 Å². The lowest BCUT2D eigenvalue weighted by atomic mass is 10.1. The molecule has 0 saturated heterocycles. The number of hydrogen-bond acceptors (Lipinski definition) is 3. The van der Waals surface area contributed by atoms with Crippen molar-refractivity contribution in [1.82, 2.24) is 5.32 Å². The Morgan fingerprint density at radius 3 is 2.30 bits per heavy atom. The number of benzene rings is 1. The van der Waals surface area contributed by atoms with Crippen LogP contribution in [0.3, 0.4) is 0 Å². The number of carbonyl (C=O) groups excluding carboxylic acids is 1. The molecule has 0 unspecified atom stereocenters. The van der Waals surface area contributed by atoms with Crippen LogP contribution in [0, 0.1) is 11.6 Å². The lowest BCUT2D eigenvalue weighted by molar-refractivity contribution is -0.115. The molecular weight excluding hydrogens is 270 g/mol. The molecule has 3 N–H and O–H groups in total. The van der Waals surface area contributed by atoms with E-state index in [0.29, 0.717) is 6.07 Å². The van der Waals surface area contributed by atoms with Crippen LogP contribution in [0.15, 0.2) is 12.1 Å². The molecule has 0 fully saturated rings. The van der Waals surface area contributed by atoms with Crippen molar-refractivity contribution in [1.29, 1.82) is 0 Å². The van der Waals surface area contributed by atoms with Gasteiger partial charge in [0.05, 0.1) is 17.8 Å². The standard InChI is InChI=1S/C13H16F2N2O3/c1-13(2,3)16-6-11(18)17-10-4-7(12(19)20)8(14)5-9(10)15/h4-5,16H,6H2,1-3H3,(H,17,18)(H,19,20). The maximum absolute atomic E-state index is 13.5. The molecule has 7 heteroatoms. The summed E-state index contributed by atoms with van der Waals surface area (Å²) < 4.78 is 26.6. The van der Waals surface area contributed by atoms with E-state index in [1.807, 2.05) is 20.8 Å². The SMILES string of the molecule is CC(C)(C)NCC(=O)Nc1cc(C(=O)O)c(F)cc1F. The molecule has 0 saturated carbocycles. The number of halogens is 2. The minimum Gasteiger partial charge on any atom is -0.478 e. The Bertz CT molecular complexity index is 539. The van der Waals surface area contributed by atoms with E-state index >= 15 is 0 Å². The Morgan fingerprint density at radius 2 is 1.80 bits per heavy atom. The summed E-state index contributed by atoms with van der Waals surface area (Å²) in [7, 11) is 0. The summed E-state index contributed by atoms with van der Waals surface area (Å²) in [5.74, 6) is -4.31. The molecule has 0 aromatic heterocycles. The van der Waals surface area contributed by atoms with Crippen LogP contribution in [0.2, 0.25) is 0 Å². The number of carboxylic acids is 1. The zero-order chi connectivity index (χ0) is 15.5. The van der Waals surface area contributed by atoms with Crippen LogP contribution >= 0.6 is 0 Å². The third-order valence-corrected chi connectivity index (χ3v) is 2.34. The summed E-state index contributed by atoms with van der Waals surface area (Å²) >= 11 is 0. The summed E-state index contributed by atoms with van der Waals surface area (Å²) in [6.45, 7) is 5.46. The van der Waals surface area contributed by atoms with Gasteiger partial charge in [0.1, 0.15) is 11.6 Å². The Kier molecular flexibility index (Phi) is 4.78. The van der Waals surface area contributed by atoms with Crippen LogP contribution in [0.4, 0.5) is 14.5 Å². The second-order valence-electron chi connectivity index (χ2n) is 5.27. The van der Waals surface area contributed by atoms with Gasteiger partial charge in [0.25, 0.3) is 0 Å². The molecule has 20 heavy (non-hydrogen) atoms. The van der Waals surface area contributed by atoms with Crippen molar-refractivity contribution in [2.75, 3.05) is 11.9 Å². The van der Waals surface area contributed by atoms with Gasteiger partial charge >= 0.3 is 5.97 Å². The van der Waals surface area contributed by atoms with Gasteiger partial charge in [-0.3, -0.25) is 4.79 Å². The summed E-state index contributed by atoms with van der Waals surface area (Å²) in [4.78, 5) is 22.3. The summed E-state index contributed by atoms with van der Waals surface area (Å²) in [6, 6.07) is 1.18. The first-order valence-corrected chi connectivity index (χ1v) is 5.87. The number of amides is 1. The average Bonchev–Trinajstić information content (AvgIpc) is 2.28. The number of hydrogen-bond donors (Lipinski definition) is 3. The molecule has 0 aliphatic carbocycles. The fourth-order valence-electron chi connectivity index (χ4n) is 1.35. The molecular formula is C13H16F2N2O3. The van der Waals surface area contributed by atoms with E-state index in [-0.39, 0.29) is 17.8 Å². The van der Waals surface area contributed by atoms with Crippen molar-refractivity contribution in [3.05, 3.63) is 29.3 Å². The van der Waals surface area contributed by atoms with Crippen LogP contribution in [-0.2, 0) is 4.79 Å². The Morgan fingerprint density at radius 1 is 1.20 bits per heavy atom. The second-order valence-corrected chi connectivity index (χ2v) is 5.27. The number of carboxylic acid groups (broad SMARTS) is 1. The summed E-state index contributed by atoms with van der Waals surface area (Å²) in [6.07, 6.45) is 0. The predicted molar refractivity (Wildman–Crippen MR) is 69.7 cm³/mol. The number of nitrogens with one attached hydrogen (secondary N) is 2. The van der Waals surface area contributed by atoms with Crippen molar-refractivity contribution in [2.24, 2.45) is 0 Å². The van der Waals surface area contributed by atoms with Gasteiger partial charge in [0.15, 0.2) is 0 Å². The van der Waals surface area contributed by atoms with Crippen LogP contribution in [0.5, 0.6) is 0 Å². The maximum Gasteiger partial charge on any atom is 0.338 e. The molecule has 1 aromatic rings. The maximum atomic E-state index is 13.5. The lowest BCUT2D eigenvalue weighted by Gasteiger charge is -2.20. The van der Waals surface area contributed by atoms with E-state index in [9.17, 15) is 18.4 Å². The zero-order valence-electron chi connectivity index (χ0n) is 11.4. The number of carbonyl (C=O) groups is 2. The Labute approximate surface area is 115 Å². The second kappa shape index (κ2) is 5.96. The summed E-state index contributed by atoms with van der Waals surface area (Å²) in [5.41, 5.74) is -1.37. The molecule has 1 amide bonds. The molecule has 0 spiro atoms. The van der Waals surface area contributed by atoms with E-state index in [2.05, 4.69) is 10.6 Å². The highest BCUT2D eigenvalue weighted by Crippen LogP contribution is 2.19. The van der Waals surface area contributed by atoms with Crippen LogP contribution in [0.25, 0.3) is 0 Å². The molecule has 0 heterocycles. The Balaban J connectivity index is 2.85. The minimum absolute atomic E-state index is 0.0806. The topological polar surface area (TPSA) is 78.4 Å². The molecule has 0 bridgehead atoms. The molecule has 0 radical (unpaired) electrons. The number of aromatic carboxylic acids is 1. The highest BCUT2D eigenvalue weighted by atomic mass is 19.1. The van der Waals surface area contributed by atoms with Crippen molar-refractivity contribution >= 4 is 17.6 Å². The van der Waals surface area contributed by atoms with Crippen LogP contribution in [0.1, 0.15) is 31.1 Å². The molecule has 110 valence electrons. The van der Waals surface area contributed by atoms with E-state index < -0.39 is 29.1 Å². The monoisotopic (exact) mass is 286 g/mol. The molecule has 0 aliphatic rings. The van der Waals surface area contributed by atoms with Gasteiger partial charge < -0.3 is 15.7 Å². The van der Waals surface area contributed by atoms with E-state index in [4.69, 9.17) is 5.11 Å². The first kappa shape index (κ1) is 16.0. The zero-order valence-corrected chi connectivity index (χ0v) is 11.4. The smallest absolute Gasteiger partial charge is 0.338 e. The summed E-state index contributed by atoms with van der Waals surface area (Å²) in [5, 5.41) is 13.8. The highest BCUT2D eigenvalue weighted by Gasteiger charge is 2.17. The van der Waals surface area contributed by atoms with Crippen molar-refractivity contribution in [3.8, 4) is 0 Å².